The molecule has 1 aromatic rings. The molecular formula is C13H18BrN3O2. The van der Waals surface area contributed by atoms with Gasteiger partial charge in [-0.2, -0.15) is 0 Å². The molecule has 0 bridgehead atoms. The van der Waals surface area contributed by atoms with Crippen molar-refractivity contribution < 1.29 is 4.79 Å². The Kier molecular flexibility index (Phi) is 4.42. The van der Waals surface area contributed by atoms with Gasteiger partial charge >= 0.3 is 0 Å². The van der Waals surface area contributed by atoms with Gasteiger partial charge in [0.25, 0.3) is 5.56 Å². The van der Waals surface area contributed by atoms with Crippen molar-refractivity contribution in [1.29, 1.82) is 0 Å². The monoisotopic (exact) mass is 327 g/mol. The van der Waals surface area contributed by atoms with E-state index in [2.05, 4.69) is 15.9 Å². The summed E-state index contributed by atoms with van der Waals surface area (Å²) in [5, 5.41) is 0. The number of carbonyl (C=O) groups is 1. The molecule has 1 fully saturated rings. The van der Waals surface area contributed by atoms with Crippen LogP contribution in [0, 0.1) is 5.92 Å². The first kappa shape index (κ1) is 14.3. The molecule has 2 heterocycles. The molecule has 0 radical (unpaired) electrons. The topological polar surface area (TPSA) is 68.3 Å². The Hall–Kier alpha value is -1.14. The molecule has 104 valence electrons. The van der Waals surface area contributed by atoms with E-state index in [0.717, 1.165) is 10.9 Å². The summed E-state index contributed by atoms with van der Waals surface area (Å²) in [5.74, 6) is 0.349. The molecule has 2 unspecified atom stereocenters. The molecular weight excluding hydrogens is 310 g/mol. The second kappa shape index (κ2) is 5.88. The normalized spacial score (nSPS) is 22.8. The Bertz CT molecular complexity index is 529. The molecule has 1 aliphatic rings. The predicted molar refractivity (Wildman–Crippen MR) is 76.7 cm³/mol. The van der Waals surface area contributed by atoms with Gasteiger partial charge in [-0.3, -0.25) is 9.59 Å². The highest BCUT2D eigenvalue weighted by atomic mass is 79.9. The van der Waals surface area contributed by atoms with Gasteiger partial charge in [0.2, 0.25) is 5.91 Å². The molecule has 5 nitrogen and oxygen atoms in total. The van der Waals surface area contributed by atoms with Gasteiger partial charge in [-0.05, 0) is 47.8 Å². The minimum absolute atomic E-state index is 0.0244. The number of halogens is 1. The largest absolute Gasteiger partial charge is 0.338 e. The fourth-order valence-electron chi connectivity index (χ4n) is 2.52. The molecule has 1 saturated heterocycles. The molecule has 2 N–H and O–H groups in total. The Balaban J connectivity index is 2.09. The van der Waals surface area contributed by atoms with Gasteiger partial charge in [0.15, 0.2) is 0 Å². The van der Waals surface area contributed by atoms with E-state index in [-0.39, 0.29) is 24.1 Å². The smallest absolute Gasteiger partial charge is 0.251 e. The molecule has 1 aliphatic heterocycles. The second-order valence-electron chi connectivity index (χ2n) is 5.05. The van der Waals surface area contributed by atoms with Crippen LogP contribution in [-0.4, -0.2) is 34.5 Å². The van der Waals surface area contributed by atoms with Gasteiger partial charge in [0.1, 0.15) is 6.54 Å². The first-order valence-electron chi connectivity index (χ1n) is 6.36. The zero-order valence-electron chi connectivity index (χ0n) is 10.9. The average Bonchev–Trinajstić information content (AvgIpc) is 2.75. The Morgan fingerprint density at radius 1 is 1.53 bits per heavy atom. The van der Waals surface area contributed by atoms with Crippen LogP contribution in [0.1, 0.15) is 13.3 Å². The molecule has 0 spiro atoms. The van der Waals surface area contributed by atoms with Crippen molar-refractivity contribution in [2.75, 3.05) is 13.1 Å². The number of likely N-dealkylation sites (tertiary alicyclic amines) is 1. The number of aromatic nitrogens is 1. The number of hydrogen-bond donors (Lipinski definition) is 1. The second-order valence-corrected chi connectivity index (χ2v) is 5.96. The van der Waals surface area contributed by atoms with Gasteiger partial charge < -0.3 is 15.2 Å². The Morgan fingerprint density at radius 3 is 2.89 bits per heavy atom. The fourth-order valence-corrected chi connectivity index (χ4v) is 2.90. The highest BCUT2D eigenvalue weighted by Gasteiger charge is 2.31. The highest BCUT2D eigenvalue weighted by molar-refractivity contribution is 9.10. The molecule has 0 saturated carbocycles. The maximum absolute atomic E-state index is 12.3. The fraction of sp³-hybridized carbons (Fsp3) is 0.538. The zero-order valence-corrected chi connectivity index (χ0v) is 12.5. The minimum atomic E-state index is -0.168. The number of amides is 1. The van der Waals surface area contributed by atoms with Crippen LogP contribution in [0.15, 0.2) is 27.6 Å². The van der Waals surface area contributed by atoms with E-state index in [1.807, 2.05) is 11.8 Å². The Labute approximate surface area is 120 Å². The summed E-state index contributed by atoms with van der Waals surface area (Å²) in [4.78, 5) is 25.8. The molecule has 2 rings (SSSR count). The quantitative estimate of drug-likeness (QED) is 0.893. The van der Waals surface area contributed by atoms with Gasteiger partial charge in [-0.1, -0.05) is 0 Å². The first-order valence-corrected chi connectivity index (χ1v) is 7.16. The van der Waals surface area contributed by atoms with Crippen molar-refractivity contribution in [2.24, 2.45) is 11.7 Å². The third kappa shape index (κ3) is 3.25. The molecule has 6 heteroatoms. The number of nitrogens with zero attached hydrogens (tertiary/aromatic N) is 2. The highest BCUT2D eigenvalue weighted by Crippen LogP contribution is 2.22. The number of hydrogen-bond acceptors (Lipinski definition) is 3. The lowest BCUT2D eigenvalue weighted by Gasteiger charge is -2.22. The zero-order chi connectivity index (χ0) is 14.0. The maximum Gasteiger partial charge on any atom is 0.251 e. The van der Waals surface area contributed by atoms with Gasteiger partial charge in [0, 0.05) is 29.3 Å². The molecule has 0 aromatic carbocycles. The maximum atomic E-state index is 12.3. The SMILES string of the molecule is CC1CC(CN)CN1C(=O)Cn1cc(Br)ccc1=O. The van der Waals surface area contributed by atoms with Crippen LogP contribution < -0.4 is 11.3 Å². The Morgan fingerprint density at radius 2 is 2.26 bits per heavy atom. The van der Waals surface area contributed by atoms with Crippen molar-refractivity contribution in [2.45, 2.75) is 25.9 Å². The van der Waals surface area contributed by atoms with Crippen LogP contribution in [0.25, 0.3) is 0 Å². The van der Waals surface area contributed by atoms with E-state index in [0.29, 0.717) is 19.0 Å². The van der Waals surface area contributed by atoms with E-state index < -0.39 is 0 Å². The number of nitrogens with two attached hydrogens (primary N) is 1. The van der Waals surface area contributed by atoms with E-state index in [9.17, 15) is 9.59 Å². The van der Waals surface area contributed by atoms with E-state index in [4.69, 9.17) is 5.73 Å². The van der Waals surface area contributed by atoms with Crippen LogP contribution in [0.5, 0.6) is 0 Å². The minimum Gasteiger partial charge on any atom is -0.338 e. The molecule has 1 aromatic heterocycles. The summed E-state index contributed by atoms with van der Waals surface area (Å²) in [6.07, 6.45) is 2.58. The van der Waals surface area contributed by atoms with Gasteiger partial charge in [0.05, 0.1) is 0 Å². The third-order valence-electron chi connectivity index (χ3n) is 3.57. The van der Waals surface area contributed by atoms with Crippen molar-refractivity contribution in [3.05, 3.63) is 33.2 Å². The van der Waals surface area contributed by atoms with Crippen molar-refractivity contribution in [3.8, 4) is 0 Å². The first-order chi connectivity index (χ1) is 9.01. The van der Waals surface area contributed by atoms with E-state index in [1.54, 1.807) is 12.3 Å². The van der Waals surface area contributed by atoms with Crippen LogP contribution in [0.4, 0.5) is 0 Å². The molecule has 2 atom stereocenters. The number of pyridine rings is 1. The average molecular weight is 328 g/mol. The van der Waals surface area contributed by atoms with Crippen LogP contribution in [0.3, 0.4) is 0 Å². The van der Waals surface area contributed by atoms with Crippen LogP contribution in [-0.2, 0) is 11.3 Å². The summed E-state index contributed by atoms with van der Waals surface area (Å²) >= 11 is 3.30. The van der Waals surface area contributed by atoms with Crippen LogP contribution >= 0.6 is 15.9 Å². The lowest BCUT2D eigenvalue weighted by molar-refractivity contribution is -0.132. The predicted octanol–water partition coefficient (Wildman–Crippen LogP) is 0.807. The van der Waals surface area contributed by atoms with Gasteiger partial charge in [-0.25, -0.2) is 0 Å². The van der Waals surface area contributed by atoms with Crippen molar-refractivity contribution in [1.82, 2.24) is 9.47 Å². The number of carbonyl (C=O) groups excluding carboxylic acids is 1. The van der Waals surface area contributed by atoms with E-state index in [1.165, 1.54) is 10.6 Å². The third-order valence-corrected chi connectivity index (χ3v) is 4.04. The lowest BCUT2D eigenvalue weighted by Crippen LogP contribution is -2.38. The summed E-state index contributed by atoms with van der Waals surface area (Å²) in [5.41, 5.74) is 5.49. The van der Waals surface area contributed by atoms with E-state index >= 15 is 0 Å². The molecule has 0 aliphatic carbocycles. The number of rotatable bonds is 3. The summed E-state index contributed by atoms with van der Waals surface area (Å²) in [6, 6.07) is 3.32. The van der Waals surface area contributed by atoms with Crippen molar-refractivity contribution >= 4 is 21.8 Å². The van der Waals surface area contributed by atoms with Crippen LogP contribution in [0.2, 0.25) is 0 Å². The standard InChI is InChI=1S/C13H18BrN3O2/c1-9-4-10(5-15)6-17(9)13(19)8-16-7-11(14)2-3-12(16)18/h2-3,7,9-10H,4-6,8,15H2,1H3. The van der Waals surface area contributed by atoms with Gasteiger partial charge in [-0.15, -0.1) is 0 Å². The molecule has 1 amide bonds. The van der Waals surface area contributed by atoms with Crippen molar-refractivity contribution in [3.63, 3.8) is 0 Å². The lowest BCUT2D eigenvalue weighted by atomic mass is 10.1. The summed E-state index contributed by atoms with van der Waals surface area (Å²) < 4.78 is 2.21. The summed E-state index contributed by atoms with van der Waals surface area (Å²) in [7, 11) is 0. The molecule has 19 heavy (non-hydrogen) atoms. The summed E-state index contributed by atoms with van der Waals surface area (Å²) in [6.45, 7) is 3.40.